The fourth-order valence-electron chi connectivity index (χ4n) is 5.80. The molecule has 39 heavy (non-hydrogen) atoms. The number of rotatable bonds is 12. The van der Waals surface area contributed by atoms with Gasteiger partial charge in [0.15, 0.2) is 16.6 Å². The molecule has 0 aromatic carbocycles. The summed E-state index contributed by atoms with van der Waals surface area (Å²) in [5.74, 6) is 0.682. The molecule has 0 spiro atoms. The van der Waals surface area contributed by atoms with Gasteiger partial charge in [-0.3, -0.25) is 4.79 Å². The Labute approximate surface area is 243 Å². The van der Waals surface area contributed by atoms with Crippen LogP contribution >= 0.6 is 0 Å². The van der Waals surface area contributed by atoms with E-state index < -0.39 is 16.6 Å². The molecule has 4 nitrogen and oxygen atoms in total. The summed E-state index contributed by atoms with van der Waals surface area (Å²) in [6.45, 7) is 35.5. The largest absolute Gasteiger partial charge is 0.458 e. The summed E-state index contributed by atoms with van der Waals surface area (Å²) in [6.07, 6.45) is 12.6. The van der Waals surface area contributed by atoms with Crippen LogP contribution in [0.25, 0.3) is 0 Å². The molecular formula is C33H60O4Si2. The first-order valence-corrected chi connectivity index (χ1v) is 21.0. The number of hydrogen-bond acceptors (Lipinski definition) is 4. The molecule has 6 heteroatoms. The lowest BCUT2D eigenvalue weighted by Gasteiger charge is -2.44. The Morgan fingerprint density at radius 3 is 2.10 bits per heavy atom. The Morgan fingerprint density at radius 2 is 1.62 bits per heavy atom. The highest BCUT2D eigenvalue weighted by atomic mass is 28.4. The van der Waals surface area contributed by atoms with Crippen LogP contribution in [0.4, 0.5) is 0 Å². The van der Waals surface area contributed by atoms with E-state index in [0.29, 0.717) is 5.92 Å². The van der Waals surface area contributed by atoms with Gasteiger partial charge in [0.25, 0.3) is 0 Å². The maximum atomic E-state index is 11.9. The predicted octanol–water partition coefficient (Wildman–Crippen LogP) is 9.60. The van der Waals surface area contributed by atoms with Crippen LogP contribution < -0.4 is 0 Å². The number of fused-ring (bicyclic) bond motifs is 1. The van der Waals surface area contributed by atoms with Crippen LogP contribution in [0.2, 0.25) is 36.3 Å². The molecule has 2 fully saturated rings. The smallest absolute Gasteiger partial charge is 0.303 e. The first-order chi connectivity index (χ1) is 17.7. The van der Waals surface area contributed by atoms with E-state index in [1.54, 1.807) is 0 Å². The summed E-state index contributed by atoms with van der Waals surface area (Å²) >= 11 is 0. The molecule has 0 radical (unpaired) electrons. The van der Waals surface area contributed by atoms with Crippen LogP contribution in [-0.4, -0.2) is 40.4 Å². The van der Waals surface area contributed by atoms with Crippen molar-refractivity contribution in [3.8, 4) is 0 Å². The molecule has 0 aromatic heterocycles. The predicted molar refractivity (Wildman–Crippen MR) is 171 cm³/mol. The molecule has 2 rings (SSSR count). The molecule has 0 amide bonds. The Hall–Kier alpha value is -0.956. The van der Waals surface area contributed by atoms with Gasteiger partial charge in [0.1, 0.15) is 6.10 Å². The third-order valence-corrected chi connectivity index (χ3v) is 19.3. The molecule has 0 N–H and O–H groups in total. The van der Waals surface area contributed by atoms with Gasteiger partial charge in [-0.05, 0) is 73.4 Å². The van der Waals surface area contributed by atoms with E-state index in [9.17, 15) is 4.79 Å². The summed E-state index contributed by atoms with van der Waals surface area (Å²) < 4.78 is 20.0. The molecule has 2 aliphatic rings. The second kappa shape index (κ2) is 12.5. The molecule has 6 atom stereocenters. The van der Waals surface area contributed by atoms with E-state index in [1.807, 2.05) is 0 Å². The maximum absolute atomic E-state index is 11.9. The van der Waals surface area contributed by atoms with E-state index in [4.69, 9.17) is 13.6 Å². The normalized spacial score (nSPS) is 28.0. The highest BCUT2D eigenvalue weighted by Gasteiger charge is 2.54. The Kier molecular flexibility index (Phi) is 11.0. The Morgan fingerprint density at radius 1 is 1.03 bits per heavy atom. The van der Waals surface area contributed by atoms with Gasteiger partial charge >= 0.3 is 5.97 Å². The lowest BCUT2D eigenvalue weighted by Crippen LogP contribution is -2.49. The molecule has 0 aliphatic heterocycles. The van der Waals surface area contributed by atoms with E-state index >= 15 is 0 Å². The standard InChI is InChI=1S/C33H60O4Si2/c1-15-17-20-33(16-2,37-39(13,14)32(8,9)10)21-18-19-26-27-22-24(3)30(35-25(4)34)28(27)23-29(26)36-38(11,12)31(5,6)7/h16,18-19,26-30H,2-3,15,17,20-23H2,1,4-14H3/b19-18+/t26-,27+,28-,29+,30?,33?/m0/s1. The van der Waals surface area contributed by atoms with Crippen molar-refractivity contribution >= 4 is 22.6 Å². The van der Waals surface area contributed by atoms with Crippen molar-refractivity contribution in [3.63, 3.8) is 0 Å². The lowest BCUT2D eigenvalue weighted by molar-refractivity contribution is -0.146. The second-order valence-electron chi connectivity index (χ2n) is 15.3. The molecule has 224 valence electrons. The summed E-state index contributed by atoms with van der Waals surface area (Å²) in [5.41, 5.74) is 0.692. The van der Waals surface area contributed by atoms with Crippen molar-refractivity contribution in [3.05, 3.63) is 37.0 Å². The van der Waals surface area contributed by atoms with Crippen LogP contribution in [0, 0.1) is 17.8 Å². The van der Waals surface area contributed by atoms with Gasteiger partial charge in [0.05, 0.1) is 11.7 Å². The number of esters is 1. The highest BCUT2D eigenvalue weighted by molar-refractivity contribution is 6.74. The number of hydrogen-bond donors (Lipinski definition) is 0. The van der Waals surface area contributed by atoms with Crippen molar-refractivity contribution < 1.29 is 18.4 Å². The average Bonchev–Trinajstić information content (AvgIpc) is 3.24. The third-order valence-electron chi connectivity index (χ3n) is 10.2. The van der Waals surface area contributed by atoms with Crippen LogP contribution in [0.3, 0.4) is 0 Å². The van der Waals surface area contributed by atoms with Gasteiger partial charge in [0.2, 0.25) is 0 Å². The van der Waals surface area contributed by atoms with Gasteiger partial charge in [-0.1, -0.05) is 86.1 Å². The number of ether oxygens (including phenoxy) is 1. The monoisotopic (exact) mass is 576 g/mol. The summed E-state index contributed by atoms with van der Waals surface area (Å²) in [5, 5.41) is 0.265. The van der Waals surface area contributed by atoms with Crippen LogP contribution in [0.1, 0.15) is 93.9 Å². The SMILES string of the molecule is C=CC(C/C=C/[C@H]1[C@H]2CC(=C)C(OC(C)=O)[C@H]2C[C@H]1O[Si](C)(C)C(C)(C)C)(CCCC)O[Si](C)(C)C(C)(C)C. The second-order valence-corrected chi connectivity index (χ2v) is 24.8. The summed E-state index contributed by atoms with van der Waals surface area (Å²) in [7, 11) is -3.98. The first-order valence-electron chi connectivity index (χ1n) is 15.2. The third kappa shape index (κ3) is 8.08. The van der Waals surface area contributed by atoms with E-state index in [1.165, 1.54) is 6.92 Å². The fraction of sp³-hybridized carbons (Fsp3) is 0.788. The zero-order valence-electron chi connectivity index (χ0n) is 27.4. The molecule has 0 bridgehead atoms. The number of carbonyl (C=O) groups excluding carboxylic acids is 1. The Bertz CT molecular complexity index is 908. The Balaban J connectivity index is 2.40. The molecule has 0 saturated heterocycles. The van der Waals surface area contributed by atoms with Crippen molar-refractivity contribution in [1.82, 2.24) is 0 Å². The van der Waals surface area contributed by atoms with Gasteiger partial charge in [0, 0.05) is 18.8 Å². The minimum Gasteiger partial charge on any atom is -0.458 e. The molecule has 2 saturated carbocycles. The molecule has 2 aliphatic carbocycles. The highest BCUT2D eigenvalue weighted by Crippen LogP contribution is 2.54. The molecule has 0 heterocycles. The quantitative estimate of drug-likeness (QED) is 0.132. The topological polar surface area (TPSA) is 44.8 Å². The minimum atomic E-state index is -2.00. The molecular weight excluding hydrogens is 517 g/mol. The zero-order chi connectivity index (χ0) is 30.0. The summed E-state index contributed by atoms with van der Waals surface area (Å²) in [4.78, 5) is 11.9. The van der Waals surface area contributed by atoms with Gasteiger partial charge in [-0.15, -0.1) is 6.58 Å². The van der Waals surface area contributed by atoms with E-state index in [0.717, 1.165) is 44.1 Å². The zero-order valence-corrected chi connectivity index (χ0v) is 29.4. The minimum absolute atomic E-state index is 0.124. The van der Waals surface area contributed by atoms with Crippen molar-refractivity contribution in [1.29, 1.82) is 0 Å². The van der Waals surface area contributed by atoms with Crippen molar-refractivity contribution in [2.75, 3.05) is 0 Å². The number of unbranched alkanes of at least 4 members (excludes halogenated alkanes) is 1. The van der Waals surface area contributed by atoms with Crippen LogP contribution in [0.5, 0.6) is 0 Å². The first kappa shape index (κ1) is 34.2. The van der Waals surface area contributed by atoms with Crippen LogP contribution in [0.15, 0.2) is 37.0 Å². The lowest BCUT2D eigenvalue weighted by atomic mass is 9.88. The maximum Gasteiger partial charge on any atom is 0.303 e. The van der Waals surface area contributed by atoms with Gasteiger partial charge < -0.3 is 13.6 Å². The van der Waals surface area contributed by atoms with Crippen LogP contribution in [-0.2, 0) is 18.4 Å². The number of carbonyl (C=O) groups is 1. The van der Waals surface area contributed by atoms with Crippen molar-refractivity contribution in [2.45, 2.75) is 148 Å². The van der Waals surface area contributed by atoms with Crippen molar-refractivity contribution in [2.24, 2.45) is 17.8 Å². The molecule has 2 unspecified atom stereocenters. The van der Waals surface area contributed by atoms with E-state index in [-0.39, 0.29) is 45.7 Å². The average molecular weight is 577 g/mol. The summed E-state index contributed by atoms with van der Waals surface area (Å²) in [6, 6.07) is 0. The molecule has 0 aromatic rings. The van der Waals surface area contributed by atoms with E-state index in [2.05, 4.69) is 106 Å². The fourth-order valence-corrected chi connectivity index (χ4v) is 8.76. The van der Waals surface area contributed by atoms with Gasteiger partial charge in [-0.25, -0.2) is 0 Å². The van der Waals surface area contributed by atoms with Gasteiger partial charge in [-0.2, -0.15) is 0 Å².